The van der Waals surface area contributed by atoms with Crippen LogP contribution in [0.15, 0.2) is 6.07 Å². The number of benzene rings is 1. The van der Waals surface area contributed by atoms with Gasteiger partial charge in [-0.2, -0.15) is 0 Å². The van der Waals surface area contributed by atoms with Gasteiger partial charge in [0.25, 0.3) is 0 Å². The summed E-state index contributed by atoms with van der Waals surface area (Å²) in [7, 11) is 3.94. The molecule has 0 atom stereocenters. The van der Waals surface area contributed by atoms with Crippen molar-refractivity contribution in [2.75, 3.05) is 30.5 Å². The molecule has 1 aromatic heterocycles. The zero-order valence-electron chi connectivity index (χ0n) is 9.03. The quantitative estimate of drug-likeness (QED) is 0.722. The number of fused-ring (bicyclic) bond motifs is 1. The molecule has 0 bridgehead atoms. The first-order valence-corrected chi connectivity index (χ1v) is 5.44. The minimum Gasteiger partial charge on any atom is -0.397 e. The Bertz CT molecular complexity index is 516. The first-order chi connectivity index (χ1) is 7.00. The molecule has 0 aliphatic rings. The van der Waals surface area contributed by atoms with Crippen LogP contribution in [-0.4, -0.2) is 19.1 Å². The second-order valence-electron chi connectivity index (χ2n) is 3.76. The van der Waals surface area contributed by atoms with Crippen molar-refractivity contribution in [2.45, 2.75) is 6.92 Å². The molecule has 4 N–H and O–H groups in total. The second kappa shape index (κ2) is 3.27. The van der Waals surface area contributed by atoms with Crippen LogP contribution in [0, 0.1) is 6.92 Å². The van der Waals surface area contributed by atoms with E-state index in [-0.39, 0.29) is 0 Å². The summed E-state index contributed by atoms with van der Waals surface area (Å²) in [5, 5.41) is 0.585. The fourth-order valence-electron chi connectivity index (χ4n) is 1.73. The highest BCUT2D eigenvalue weighted by molar-refractivity contribution is 7.22. The Morgan fingerprint density at radius 3 is 2.60 bits per heavy atom. The molecule has 0 aliphatic carbocycles. The lowest BCUT2D eigenvalue weighted by molar-refractivity contribution is 1.15. The zero-order chi connectivity index (χ0) is 11.2. The minimum atomic E-state index is 0.585. The van der Waals surface area contributed by atoms with Crippen molar-refractivity contribution in [1.29, 1.82) is 0 Å². The SMILES string of the molecule is Cc1cc(N)c(N(C)C)c2sc(N)nc12. The van der Waals surface area contributed by atoms with Crippen molar-refractivity contribution in [3.05, 3.63) is 11.6 Å². The van der Waals surface area contributed by atoms with Crippen molar-refractivity contribution >= 4 is 38.1 Å². The van der Waals surface area contributed by atoms with E-state index in [2.05, 4.69) is 4.98 Å². The van der Waals surface area contributed by atoms with E-state index >= 15 is 0 Å². The molecule has 0 unspecified atom stereocenters. The fourth-order valence-corrected chi connectivity index (χ4v) is 2.77. The molecule has 1 aromatic carbocycles. The van der Waals surface area contributed by atoms with Crippen molar-refractivity contribution in [1.82, 2.24) is 4.98 Å². The summed E-state index contributed by atoms with van der Waals surface area (Å²) >= 11 is 1.48. The van der Waals surface area contributed by atoms with Crippen LogP contribution in [0.25, 0.3) is 10.2 Å². The highest BCUT2D eigenvalue weighted by Gasteiger charge is 2.13. The Balaban J connectivity index is 2.89. The van der Waals surface area contributed by atoms with Crippen LogP contribution in [0.5, 0.6) is 0 Å². The molecule has 5 heteroatoms. The molecule has 0 fully saturated rings. The molecule has 4 nitrogen and oxygen atoms in total. The molecule has 0 amide bonds. The lowest BCUT2D eigenvalue weighted by Gasteiger charge is -2.16. The predicted molar refractivity (Wildman–Crippen MR) is 67.5 cm³/mol. The lowest BCUT2D eigenvalue weighted by atomic mass is 10.1. The number of aromatic nitrogens is 1. The Kier molecular flexibility index (Phi) is 2.19. The third kappa shape index (κ3) is 1.48. The second-order valence-corrected chi connectivity index (χ2v) is 4.79. The van der Waals surface area contributed by atoms with Crippen molar-refractivity contribution in [3.63, 3.8) is 0 Å². The van der Waals surface area contributed by atoms with Gasteiger partial charge in [-0.25, -0.2) is 4.98 Å². The summed E-state index contributed by atoms with van der Waals surface area (Å²) < 4.78 is 1.06. The van der Waals surface area contributed by atoms with E-state index in [1.807, 2.05) is 32.0 Å². The van der Waals surface area contributed by atoms with E-state index < -0.39 is 0 Å². The summed E-state index contributed by atoms with van der Waals surface area (Å²) in [6.45, 7) is 2.00. The monoisotopic (exact) mass is 222 g/mol. The molecular formula is C10H14N4S. The van der Waals surface area contributed by atoms with Crippen LogP contribution in [0.4, 0.5) is 16.5 Å². The molecule has 15 heavy (non-hydrogen) atoms. The number of hydrogen-bond acceptors (Lipinski definition) is 5. The van der Waals surface area contributed by atoms with Gasteiger partial charge in [-0.05, 0) is 18.6 Å². The average Bonchev–Trinajstić information content (AvgIpc) is 2.45. The predicted octanol–water partition coefficient (Wildman–Crippen LogP) is 1.84. The standard InChI is InChI=1S/C10H14N4S/c1-5-4-6(11)8(14(2)3)9-7(5)13-10(12)15-9/h4H,11H2,1-3H3,(H2,12,13). The average molecular weight is 222 g/mol. The third-order valence-corrected chi connectivity index (χ3v) is 3.22. The molecule has 2 aromatic rings. The summed E-state index contributed by atoms with van der Waals surface area (Å²) in [6.07, 6.45) is 0. The van der Waals surface area contributed by atoms with Gasteiger partial charge in [-0.15, -0.1) is 0 Å². The van der Waals surface area contributed by atoms with Crippen LogP contribution in [0.3, 0.4) is 0 Å². The normalized spacial score (nSPS) is 10.9. The molecule has 1 heterocycles. The molecule has 0 radical (unpaired) electrons. The summed E-state index contributed by atoms with van der Waals surface area (Å²) in [4.78, 5) is 6.31. The van der Waals surface area contributed by atoms with Gasteiger partial charge < -0.3 is 16.4 Å². The lowest BCUT2D eigenvalue weighted by Crippen LogP contribution is -2.11. The van der Waals surface area contributed by atoms with Gasteiger partial charge in [-0.3, -0.25) is 0 Å². The van der Waals surface area contributed by atoms with E-state index in [1.54, 1.807) is 0 Å². The van der Waals surface area contributed by atoms with Gasteiger partial charge in [0.05, 0.1) is 21.6 Å². The summed E-state index contributed by atoms with van der Waals surface area (Å²) in [6, 6.07) is 1.94. The molecular weight excluding hydrogens is 208 g/mol. The molecule has 0 aliphatic heterocycles. The highest BCUT2D eigenvalue weighted by atomic mass is 32.1. The largest absolute Gasteiger partial charge is 0.397 e. The van der Waals surface area contributed by atoms with E-state index in [0.29, 0.717) is 5.13 Å². The Hall–Kier alpha value is -1.49. The van der Waals surface area contributed by atoms with Crippen LogP contribution >= 0.6 is 11.3 Å². The van der Waals surface area contributed by atoms with Crippen LogP contribution in [0.2, 0.25) is 0 Å². The fraction of sp³-hybridized carbons (Fsp3) is 0.300. The number of rotatable bonds is 1. The number of aryl methyl sites for hydroxylation is 1. The maximum Gasteiger partial charge on any atom is 0.181 e. The molecule has 0 saturated heterocycles. The molecule has 0 spiro atoms. The van der Waals surface area contributed by atoms with Crippen molar-refractivity contribution in [3.8, 4) is 0 Å². The molecule has 0 saturated carbocycles. The van der Waals surface area contributed by atoms with Gasteiger partial charge >= 0.3 is 0 Å². The van der Waals surface area contributed by atoms with Gasteiger partial charge in [0, 0.05) is 14.1 Å². The smallest absolute Gasteiger partial charge is 0.181 e. The highest BCUT2D eigenvalue weighted by Crippen LogP contribution is 2.38. The molecule has 80 valence electrons. The van der Waals surface area contributed by atoms with Gasteiger partial charge in [0.2, 0.25) is 0 Å². The zero-order valence-corrected chi connectivity index (χ0v) is 9.85. The van der Waals surface area contributed by atoms with Crippen LogP contribution in [-0.2, 0) is 0 Å². The minimum absolute atomic E-state index is 0.585. The Morgan fingerprint density at radius 2 is 2.00 bits per heavy atom. The number of thiazole rings is 1. The number of nitrogens with zero attached hydrogens (tertiary/aromatic N) is 2. The van der Waals surface area contributed by atoms with Gasteiger partial charge in [-0.1, -0.05) is 11.3 Å². The maximum atomic E-state index is 5.99. The van der Waals surface area contributed by atoms with Crippen LogP contribution < -0.4 is 16.4 Å². The van der Waals surface area contributed by atoms with Crippen molar-refractivity contribution < 1.29 is 0 Å². The number of anilines is 3. The van der Waals surface area contributed by atoms with Gasteiger partial charge in [0.15, 0.2) is 5.13 Å². The third-order valence-electron chi connectivity index (χ3n) is 2.32. The number of nitrogens with two attached hydrogens (primary N) is 2. The maximum absolute atomic E-state index is 5.99. The first kappa shape index (κ1) is 10.0. The van der Waals surface area contributed by atoms with E-state index in [1.165, 1.54) is 11.3 Å². The first-order valence-electron chi connectivity index (χ1n) is 4.63. The topological polar surface area (TPSA) is 68.2 Å². The summed E-state index contributed by atoms with van der Waals surface area (Å²) in [5.74, 6) is 0. The Labute approximate surface area is 92.5 Å². The van der Waals surface area contributed by atoms with E-state index in [9.17, 15) is 0 Å². The number of hydrogen-bond donors (Lipinski definition) is 2. The van der Waals surface area contributed by atoms with E-state index in [4.69, 9.17) is 11.5 Å². The van der Waals surface area contributed by atoms with Crippen molar-refractivity contribution in [2.24, 2.45) is 0 Å². The van der Waals surface area contributed by atoms with E-state index in [0.717, 1.165) is 27.2 Å². The van der Waals surface area contributed by atoms with Crippen LogP contribution in [0.1, 0.15) is 5.56 Å². The van der Waals surface area contributed by atoms with Gasteiger partial charge in [0.1, 0.15) is 0 Å². The summed E-state index contributed by atoms with van der Waals surface area (Å²) in [5.41, 5.74) is 15.5. The molecule has 2 rings (SSSR count). The Morgan fingerprint density at radius 1 is 1.33 bits per heavy atom. The number of nitrogen functional groups attached to an aromatic ring is 2.